The van der Waals surface area contributed by atoms with Crippen LogP contribution in [0.2, 0.25) is 0 Å². The summed E-state index contributed by atoms with van der Waals surface area (Å²) in [5.74, 6) is 0. The van der Waals surface area contributed by atoms with E-state index in [2.05, 4.69) is 176 Å². The first-order valence-corrected chi connectivity index (χ1v) is 17.8. The van der Waals surface area contributed by atoms with Gasteiger partial charge < -0.3 is 4.42 Å². The Morgan fingerprint density at radius 3 is 1.58 bits per heavy atom. The smallest absolute Gasteiger partial charge is 0.143 e. The number of fused-ring (bicyclic) bond motifs is 6. The van der Waals surface area contributed by atoms with Gasteiger partial charge in [0.15, 0.2) is 0 Å². The molecule has 0 aliphatic heterocycles. The van der Waals surface area contributed by atoms with Gasteiger partial charge in [0, 0.05) is 21.9 Å². The number of allylic oxidation sites excluding steroid dienone is 1. The third-order valence-electron chi connectivity index (χ3n) is 10.3. The molecule has 7 aromatic carbocycles. The summed E-state index contributed by atoms with van der Waals surface area (Å²) in [5, 5.41) is 9.91. The largest absolute Gasteiger partial charge is 0.455 e. The number of para-hydroxylation sites is 1. The molecule has 0 atom stereocenters. The molecule has 1 heteroatoms. The average Bonchev–Trinajstić information content (AvgIpc) is 3.47. The summed E-state index contributed by atoms with van der Waals surface area (Å²) in [7, 11) is 0. The van der Waals surface area contributed by atoms with Crippen molar-refractivity contribution >= 4 is 66.4 Å². The minimum absolute atomic E-state index is 0.00854. The van der Waals surface area contributed by atoms with Gasteiger partial charge in [-0.15, -0.1) is 0 Å². The van der Waals surface area contributed by atoms with Gasteiger partial charge >= 0.3 is 0 Å². The minimum Gasteiger partial charge on any atom is -0.455 e. The second-order valence-corrected chi connectivity index (χ2v) is 15.7. The molecule has 50 heavy (non-hydrogen) atoms. The highest BCUT2D eigenvalue weighted by atomic mass is 16.3. The van der Waals surface area contributed by atoms with Gasteiger partial charge in [-0.1, -0.05) is 163 Å². The first-order valence-electron chi connectivity index (χ1n) is 17.8. The van der Waals surface area contributed by atoms with Crippen LogP contribution in [-0.4, -0.2) is 0 Å². The zero-order valence-electron chi connectivity index (χ0n) is 30.2. The maximum atomic E-state index is 6.87. The third kappa shape index (κ3) is 4.83. The standard InChI is InChI=1S/C49H44O/c1-9-18-32-31(10-2)45(48(3,4)5)38-24-16-13-21-35(38)44(32)40-26-17-25-39-41-29-30(27-28-42(41)50-47(39)40)43-33-19-11-14-22-36(33)46(49(6,7)8)37-23-15-12-20-34(37)43/h9-29H,2H2,1,3-8H3/b18-9-. The number of hydrogen-bond acceptors (Lipinski definition) is 1. The molecule has 246 valence electrons. The highest BCUT2D eigenvalue weighted by Crippen LogP contribution is 2.48. The second kappa shape index (κ2) is 11.6. The van der Waals surface area contributed by atoms with E-state index in [-0.39, 0.29) is 10.8 Å². The Labute approximate surface area is 295 Å². The van der Waals surface area contributed by atoms with Crippen molar-refractivity contribution in [2.75, 3.05) is 0 Å². The SMILES string of the molecule is C=Cc1c(/C=C\C)c(-c2cccc3c2oc2ccc(-c4c5ccccc5c(C(C)(C)C)c5ccccc45)cc23)c2ccccc2c1C(C)(C)C. The summed E-state index contributed by atoms with van der Waals surface area (Å²) in [6.45, 7) is 20.3. The Kier molecular flexibility index (Phi) is 7.39. The molecule has 1 nitrogen and oxygen atoms in total. The average molecular weight is 649 g/mol. The van der Waals surface area contributed by atoms with Crippen LogP contribution >= 0.6 is 0 Å². The van der Waals surface area contributed by atoms with Gasteiger partial charge in [0.25, 0.3) is 0 Å². The number of hydrogen-bond donors (Lipinski definition) is 0. The zero-order valence-corrected chi connectivity index (χ0v) is 30.2. The van der Waals surface area contributed by atoms with Crippen molar-refractivity contribution in [1.82, 2.24) is 0 Å². The lowest BCUT2D eigenvalue weighted by Crippen LogP contribution is -2.15. The molecule has 0 bridgehead atoms. The van der Waals surface area contributed by atoms with E-state index in [1.165, 1.54) is 71.3 Å². The Morgan fingerprint density at radius 2 is 1.04 bits per heavy atom. The van der Waals surface area contributed by atoms with Gasteiger partial charge in [-0.05, 0) is 95.6 Å². The van der Waals surface area contributed by atoms with E-state index >= 15 is 0 Å². The first kappa shape index (κ1) is 31.8. The Bertz CT molecular complexity index is 2620. The maximum absolute atomic E-state index is 6.87. The van der Waals surface area contributed by atoms with Gasteiger partial charge in [0.2, 0.25) is 0 Å². The monoisotopic (exact) mass is 648 g/mol. The molecule has 1 heterocycles. The van der Waals surface area contributed by atoms with Gasteiger partial charge in [0.05, 0.1) is 0 Å². The zero-order chi connectivity index (χ0) is 34.9. The molecule has 0 saturated carbocycles. The normalized spacial score (nSPS) is 12.7. The van der Waals surface area contributed by atoms with Crippen LogP contribution in [0.1, 0.15) is 70.7 Å². The van der Waals surface area contributed by atoms with E-state index in [0.29, 0.717) is 0 Å². The maximum Gasteiger partial charge on any atom is 0.143 e. The summed E-state index contributed by atoms with van der Waals surface area (Å²) in [6.07, 6.45) is 6.42. The van der Waals surface area contributed by atoms with Crippen molar-refractivity contribution in [1.29, 1.82) is 0 Å². The summed E-state index contributed by atoms with van der Waals surface area (Å²) < 4.78 is 6.87. The molecule has 1 aromatic heterocycles. The minimum atomic E-state index is -0.0702. The van der Waals surface area contributed by atoms with Crippen molar-refractivity contribution in [3.8, 4) is 22.3 Å². The Balaban J connectivity index is 1.45. The van der Waals surface area contributed by atoms with E-state index in [1.807, 2.05) is 6.08 Å². The van der Waals surface area contributed by atoms with Crippen LogP contribution in [0.25, 0.3) is 88.7 Å². The van der Waals surface area contributed by atoms with E-state index in [4.69, 9.17) is 4.42 Å². The lowest BCUT2D eigenvalue weighted by molar-refractivity contribution is 0.594. The molecular formula is C49H44O. The summed E-state index contributed by atoms with van der Waals surface area (Å²) >= 11 is 0. The summed E-state index contributed by atoms with van der Waals surface area (Å²) in [5.41, 5.74) is 11.5. The molecule has 0 radical (unpaired) electrons. The van der Waals surface area contributed by atoms with Gasteiger partial charge in [-0.3, -0.25) is 0 Å². The van der Waals surface area contributed by atoms with E-state index in [9.17, 15) is 0 Å². The Hall–Kier alpha value is -5.40. The van der Waals surface area contributed by atoms with Crippen molar-refractivity contribution in [3.05, 3.63) is 144 Å². The fourth-order valence-corrected chi connectivity index (χ4v) is 8.53. The molecule has 8 rings (SSSR count). The topological polar surface area (TPSA) is 13.1 Å². The summed E-state index contributed by atoms with van der Waals surface area (Å²) in [4.78, 5) is 0. The molecule has 0 spiro atoms. The van der Waals surface area contributed by atoms with Crippen LogP contribution in [0.15, 0.2) is 126 Å². The van der Waals surface area contributed by atoms with Gasteiger partial charge in [-0.25, -0.2) is 0 Å². The van der Waals surface area contributed by atoms with Crippen LogP contribution in [-0.2, 0) is 10.8 Å². The van der Waals surface area contributed by atoms with Crippen LogP contribution in [0, 0.1) is 0 Å². The number of furan rings is 1. The van der Waals surface area contributed by atoms with Gasteiger partial charge in [0.1, 0.15) is 11.2 Å². The van der Waals surface area contributed by atoms with E-state index in [1.54, 1.807) is 0 Å². The molecule has 0 aliphatic rings. The number of rotatable bonds is 4. The highest BCUT2D eigenvalue weighted by Gasteiger charge is 2.27. The molecule has 0 unspecified atom stereocenters. The van der Waals surface area contributed by atoms with Crippen molar-refractivity contribution in [2.24, 2.45) is 0 Å². The molecule has 0 amide bonds. The number of benzene rings is 7. The van der Waals surface area contributed by atoms with Crippen LogP contribution in [0.3, 0.4) is 0 Å². The first-order chi connectivity index (χ1) is 24.0. The predicted molar refractivity (Wildman–Crippen MR) is 219 cm³/mol. The van der Waals surface area contributed by atoms with E-state index < -0.39 is 0 Å². The molecule has 8 aromatic rings. The summed E-state index contributed by atoms with van der Waals surface area (Å²) in [6, 6.07) is 40.0. The fourth-order valence-electron chi connectivity index (χ4n) is 8.53. The van der Waals surface area contributed by atoms with Crippen LogP contribution in [0.4, 0.5) is 0 Å². The fraction of sp³-hybridized carbons (Fsp3) is 0.184. The molecular weight excluding hydrogens is 605 g/mol. The van der Waals surface area contributed by atoms with Crippen molar-refractivity contribution < 1.29 is 4.42 Å². The molecule has 0 fully saturated rings. The molecule has 0 N–H and O–H groups in total. The van der Waals surface area contributed by atoms with Crippen LogP contribution in [0.5, 0.6) is 0 Å². The lowest BCUT2D eigenvalue weighted by Gasteiger charge is -2.28. The Morgan fingerprint density at radius 1 is 0.520 bits per heavy atom. The molecule has 0 aliphatic carbocycles. The van der Waals surface area contributed by atoms with Gasteiger partial charge in [-0.2, -0.15) is 0 Å². The quantitative estimate of drug-likeness (QED) is 0.173. The van der Waals surface area contributed by atoms with Crippen molar-refractivity contribution in [2.45, 2.75) is 59.3 Å². The third-order valence-corrected chi connectivity index (χ3v) is 10.3. The van der Waals surface area contributed by atoms with Crippen LogP contribution < -0.4 is 0 Å². The lowest BCUT2D eigenvalue weighted by atomic mass is 9.76. The predicted octanol–water partition coefficient (Wildman–Crippen LogP) is 14.7. The van der Waals surface area contributed by atoms with E-state index in [0.717, 1.165) is 27.5 Å². The van der Waals surface area contributed by atoms with Crippen molar-refractivity contribution in [3.63, 3.8) is 0 Å². The second-order valence-electron chi connectivity index (χ2n) is 15.7. The highest BCUT2D eigenvalue weighted by molar-refractivity contribution is 6.19. The molecule has 0 saturated heterocycles.